The first-order chi connectivity index (χ1) is 6.02. The molecule has 0 aliphatic heterocycles. The summed E-state index contributed by atoms with van der Waals surface area (Å²) in [7, 11) is 0. The van der Waals surface area contributed by atoms with E-state index in [1.54, 1.807) is 0 Å². The molecule has 0 aliphatic carbocycles. The van der Waals surface area contributed by atoms with Crippen LogP contribution >= 0.6 is 0 Å². The average molecular weight is 182 g/mol. The highest BCUT2D eigenvalue weighted by atomic mass is 14.2. The van der Waals surface area contributed by atoms with Crippen LogP contribution in [-0.4, -0.2) is 0 Å². The summed E-state index contributed by atoms with van der Waals surface area (Å²) in [5, 5.41) is 0. The molecule has 0 aromatic carbocycles. The molecule has 0 saturated carbocycles. The molecule has 0 spiro atoms. The van der Waals surface area contributed by atoms with Gasteiger partial charge in [-0.1, -0.05) is 59.6 Å². The van der Waals surface area contributed by atoms with Gasteiger partial charge in [0.15, 0.2) is 0 Å². The van der Waals surface area contributed by atoms with Crippen LogP contribution in [0.25, 0.3) is 0 Å². The second-order valence-electron chi connectivity index (χ2n) is 4.94. The maximum atomic E-state index is 2.36. The summed E-state index contributed by atoms with van der Waals surface area (Å²) in [5.41, 5.74) is 0.492. The topological polar surface area (TPSA) is 0 Å². The number of hydrogen-bond donors (Lipinski definition) is 0. The van der Waals surface area contributed by atoms with Crippen LogP contribution in [0.15, 0.2) is 12.2 Å². The van der Waals surface area contributed by atoms with Gasteiger partial charge in [0.25, 0.3) is 0 Å². The molecule has 0 saturated heterocycles. The largest absolute Gasteiger partial charge is 0.0883 e. The van der Waals surface area contributed by atoms with Crippen molar-refractivity contribution in [3.05, 3.63) is 12.2 Å². The van der Waals surface area contributed by atoms with E-state index in [0.29, 0.717) is 5.41 Å². The standard InChI is InChI=1S/C13H26/c1-6-12(3)10-8-9-11-13(4,5)7-2/h8-9,12H,6-7,10-11H2,1-5H3. The quantitative estimate of drug-likeness (QED) is 0.517. The van der Waals surface area contributed by atoms with Crippen molar-refractivity contribution in [2.75, 3.05) is 0 Å². The maximum absolute atomic E-state index is 2.36. The first-order valence-electron chi connectivity index (χ1n) is 5.66. The lowest BCUT2D eigenvalue weighted by atomic mass is 9.86. The minimum Gasteiger partial charge on any atom is -0.0883 e. The van der Waals surface area contributed by atoms with Crippen molar-refractivity contribution < 1.29 is 0 Å². The van der Waals surface area contributed by atoms with Gasteiger partial charge in [-0.05, 0) is 24.2 Å². The van der Waals surface area contributed by atoms with Crippen molar-refractivity contribution in [1.82, 2.24) is 0 Å². The predicted octanol–water partition coefficient (Wildman–Crippen LogP) is 4.81. The van der Waals surface area contributed by atoms with Crippen LogP contribution in [0.5, 0.6) is 0 Å². The van der Waals surface area contributed by atoms with Crippen LogP contribution < -0.4 is 0 Å². The number of allylic oxidation sites excluding steroid dienone is 2. The summed E-state index contributed by atoms with van der Waals surface area (Å²) in [5.74, 6) is 0.848. The Hall–Kier alpha value is -0.260. The Kier molecular flexibility index (Phi) is 6.11. The highest BCUT2D eigenvalue weighted by molar-refractivity contribution is 4.87. The summed E-state index contributed by atoms with van der Waals surface area (Å²) in [6.07, 6.45) is 9.74. The van der Waals surface area contributed by atoms with Gasteiger partial charge in [0.05, 0.1) is 0 Å². The third-order valence-electron chi connectivity index (χ3n) is 3.03. The summed E-state index contributed by atoms with van der Waals surface area (Å²) in [4.78, 5) is 0. The fraction of sp³-hybridized carbons (Fsp3) is 0.846. The molecule has 0 amide bonds. The zero-order chi connectivity index (χ0) is 10.3. The molecular weight excluding hydrogens is 156 g/mol. The second-order valence-corrected chi connectivity index (χ2v) is 4.94. The Morgan fingerprint density at radius 3 is 2.23 bits per heavy atom. The van der Waals surface area contributed by atoms with E-state index in [-0.39, 0.29) is 0 Å². The van der Waals surface area contributed by atoms with Crippen molar-refractivity contribution in [1.29, 1.82) is 0 Å². The van der Waals surface area contributed by atoms with E-state index in [1.807, 2.05) is 0 Å². The monoisotopic (exact) mass is 182 g/mol. The SMILES string of the molecule is CCC(C)CC=CCC(C)(C)CC. The smallest absolute Gasteiger partial charge is 0.0299 e. The Labute approximate surface area is 84.4 Å². The van der Waals surface area contributed by atoms with Gasteiger partial charge < -0.3 is 0 Å². The molecule has 1 atom stereocenters. The van der Waals surface area contributed by atoms with Crippen LogP contribution in [0.2, 0.25) is 0 Å². The second kappa shape index (κ2) is 6.23. The van der Waals surface area contributed by atoms with Gasteiger partial charge >= 0.3 is 0 Å². The maximum Gasteiger partial charge on any atom is -0.0299 e. The molecule has 78 valence electrons. The fourth-order valence-corrected chi connectivity index (χ4v) is 1.04. The van der Waals surface area contributed by atoms with Gasteiger partial charge in [-0.15, -0.1) is 0 Å². The molecule has 0 heteroatoms. The Bertz CT molecular complexity index is 142. The van der Waals surface area contributed by atoms with E-state index in [2.05, 4.69) is 46.8 Å². The van der Waals surface area contributed by atoms with Gasteiger partial charge in [-0.3, -0.25) is 0 Å². The van der Waals surface area contributed by atoms with E-state index in [4.69, 9.17) is 0 Å². The zero-order valence-corrected chi connectivity index (χ0v) is 10.1. The van der Waals surface area contributed by atoms with Gasteiger partial charge in [-0.25, -0.2) is 0 Å². The first kappa shape index (κ1) is 12.7. The van der Waals surface area contributed by atoms with Crippen molar-refractivity contribution in [3.63, 3.8) is 0 Å². The van der Waals surface area contributed by atoms with Crippen LogP contribution in [-0.2, 0) is 0 Å². The van der Waals surface area contributed by atoms with E-state index in [9.17, 15) is 0 Å². The minimum atomic E-state index is 0.492. The molecule has 0 aromatic heterocycles. The molecular formula is C13H26. The van der Waals surface area contributed by atoms with Crippen molar-refractivity contribution >= 4 is 0 Å². The van der Waals surface area contributed by atoms with E-state index < -0.39 is 0 Å². The van der Waals surface area contributed by atoms with Gasteiger partial charge in [0.1, 0.15) is 0 Å². The molecule has 0 rings (SSSR count). The number of hydrogen-bond acceptors (Lipinski definition) is 0. The normalized spacial score (nSPS) is 15.2. The van der Waals surface area contributed by atoms with Gasteiger partial charge in [-0.2, -0.15) is 0 Å². The molecule has 0 aliphatic rings. The summed E-state index contributed by atoms with van der Waals surface area (Å²) in [6, 6.07) is 0. The molecule has 0 heterocycles. The van der Waals surface area contributed by atoms with Crippen molar-refractivity contribution in [3.8, 4) is 0 Å². The summed E-state index contributed by atoms with van der Waals surface area (Å²) in [6.45, 7) is 11.5. The Morgan fingerprint density at radius 1 is 1.15 bits per heavy atom. The minimum absolute atomic E-state index is 0.492. The molecule has 0 bridgehead atoms. The number of rotatable bonds is 6. The van der Waals surface area contributed by atoms with Crippen molar-refractivity contribution in [2.24, 2.45) is 11.3 Å². The van der Waals surface area contributed by atoms with Crippen LogP contribution in [0.1, 0.15) is 60.3 Å². The van der Waals surface area contributed by atoms with Crippen LogP contribution in [0, 0.1) is 11.3 Å². The molecule has 0 N–H and O–H groups in total. The van der Waals surface area contributed by atoms with Gasteiger partial charge in [0.2, 0.25) is 0 Å². The first-order valence-corrected chi connectivity index (χ1v) is 5.66. The molecule has 0 radical (unpaired) electrons. The molecule has 0 fully saturated rings. The molecule has 0 nitrogen and oxygen atoms in total. The molecule has 13 heavy (non-hydrogen) atoms. The molecule has 0 aromatic rings. The Balaban J connectivity index is 3.63. The van der Waals surface area contributed by atoms with E-state index in [1.165, 1.54) is 25.7 Å². The lowest BCUT2D eigenvalue weighted by Crippen LogP contribution is -2.07. The molecule has 1 unspecified atom stereocenters. The average Bonchev–Trinajstić information content (AvgIpc) is 2.12. The lowest BCUT2D eigenvalue weighted by molar-refractivity contribution is 0.356. The highest BCUT2D eigenvalue weighted by Gasteiger charge is 2.11. The third-order valence-corrected chi connectivity index (χ3v) is 3.03. The van der Waals surface area contributed by atoms with Crippen LogP contribution in [0.4, 0.5) is 0 Å². The van der Waals surface area contributed by atoms with Crippen LogP contribution in [0.3, 0.4) is 0 Å². The van der Waals surface area contributed by atoms with E-state index >= 15 is 0 Å². The third kappa shape index (κ3) is 6.86. The van der Waals surface area contributed by atoms with Crippen molar-refractivity contribution in [2.45, 2.75) is 60.3 Å². The fourth-order valence-electron chi connectivity index (χ4n) is 1.04. The van der Waals surface area contributed by atoms with E-state index in [0.717, 1.165) is 5.92 Å². The zero-order valence-electron chi connectivity index (χ0n) is 10.1. The summed E-state index contributed by atoms with van der Waals surface area (Å²) >= 11 is 0. The van der Waals surface area contributed by atoms with Gasteiger partial charge in [0, 0.05) is 0 Å². The Morgan fingerprint density at radius 2 is 1.77 bits per heavy atom. The predicted molar refractivity (Wildman–Crippen MR) is 61.9 cm³/mol. The lowest BCUT2D eigenvalue weighted by Gasteiger charge is -2.19. The summed E-state index contributed by atoms with van der Waals surface area (Å²) < 4.78 is 0. The highest BCUT2D eigenvalue weighted by Crippen LogP contribution is 2.24.